The van der Waals surface area contributed by atoms with Crippen molar-refractivity contribution in [1.29, 1.82) is 0 Å². The summed E-state index contributed by atoms with van der Waals surface area (Å²) in [7, 11) is 3.06. The molecule has 0 fully saturated rings. The van der Waals surface area contributed by atoms with Crippen molar-refractivity contribution in [3.05, 3.63) is 51.9 Å². The van der Waals surface area contributed by atoms with Crippen LogP contribution in [-0.4, -0.2) is 74.6 Å². The molecule has 0 saturated heterocycles. The summed E-state index contributed by atoms with van der Waals surface area (Å²) in [5, 5.41) is 44.1. The second-order valence-corrected chi connectivity index (χ2v) is 8.86. The van der Waals surface area contributed by atoms with Crippen LogP contribution in [0.15, 0.2) is 40.8 Å². The van der Waals surface area contributed by atoms with Gasteiger partial charge in [-0.25, -0.2) is 0 Å². The first kappa shape index (κ1) is 22.0. The van der Waals surface area contributed by atoms with E-state index in [1.807, 2.05) is 0 Å². The van der Waals surface area contributed by atoms with Crippen LogP contribution >= 0.6 is 0 Å². The monoisotopic (exact) mass is 443 g/mol. The molecule has 0 aliphatic heterocycles. The zero-order valence-corrected chi connectivity index (χ0v) is 17.7. The molecule has 6 atom stereocenters. The highest BCUT2D eigenvalue weighted by atomic mass is 16.3. The Morgan fingerprint density at radius 2 is 1.81 bits per heavy atom. The average molecular weight is 443 g/mol. The third kappa shape index (κ3) is 2.48. The van der Waals surface area contributed by atoms with Gasteiger partial charge in [-0.05, 0) is 31.6 Å². The zero-order valence-electron chi connectivity index (χ0n) is 17.7. The van der Waals surface area contributed by atoms with Crippen molar-refractivity contribution >= 4 is 17.5 Å². The van der Waals surface area contributed by atoms with Crippen molar-refractivity contribution in [3.8, 4) is 5.75 Å². The maximum absolute atomic E-state index is 13.4. The minimum Gasteiger partial charge on any atom is -0.510 e. The highest BCUT2D eigenvalue weighted by Gasteiger charge is 2.66. The Bertz CT molecular complexity index is 1140. The van der Waals surface area contributed by atoms with Crippen molar-refractivity contribution in [2.45, 2.75) is 30.6 Å². The predicted octanol–water partition coefficient (Wildman–Crippen LogP) is -0.947. The number of aliphatic hydroxyl groups is 3. The van der Waals surface area contributed by atoms with Crippen LogP contribution in [0.25, 0.3) is 0 Å². The fourth-order valence-corrected chi connectivity index (χ4v) is 5.66. The van der Waals surface area contributed by atoms with Crippen LogP contribution in [0.3, 0.4) is 0 Å². The Morgan fingerprint density at radius 3 is 2.38 bits per heavy atom. The number of primary amides is 1. The van der Waals surface area contributed by atoms with E-state index in [1.165, 1.54) is 25.1 Å². The van der Waals surface area contributed by atoms with Gasteiger partial charge in [0.1, 0.15) is 17.1 Å². The largest absolute Gasteiger partial charge is 0.510 e. The summed E-state index contributed by atoms with van der Waals surface area (Å²) < 4.78 is 0. The normalized spacial score (nSPS) is 34.4. The number of carbonyl (C=O) groups is 3. The summed E-state index contributed by atoms with van der Waals surface area (Å²) in [6, 6.07) is 3.36. The predicted molar refractivity (Wildman–Crippen MR) is 111 cm³/mol. The number of Topliss-reactive ketones (excluding diaryl/α,β-unsaturated/α-hetero) is 2. The Balaban J connectivity index is 2.06. The lowest BCUT2D eigenvalue weighted by Crippen LogP contribution is -2.69. The Kier molecular flexibility index (Phi) is 4.74. The third-order valence-electron chi connectivity index (χ3n) is 7.08. The van der Waals surface area contributed by atoms with Crippen molar-refractivity contribution in [3.63, 3.8) is 0 Å². The molecule has 10 nitrogen and oxygen atoms in total. The van der Waals surface area contributed by atoms with E-state index >= 15 is 0 Å². The number of amides is 1. The van der Waals surface area contributed by atoms with Gasteiger partial charge in [-0.15, -0.1) is 0 Å². The number of fused-ring (bicyclic) bond motifs is 3. The number of phenolic OH excluding ortho intramolecular Hbond substituents is 1. The van der Waals surface area contributed by atoms with E-state index in [9.17, 15) is 34.8 Å². The standard InChI is InChI=1S/C22H25N3O7/c1-7-8-5-4-6-9(26)11(8)16(27)12-10(7)17(28)14-15(25(2)3)18(29)13(21(24)31)20(30)22(14,32)19(12)23/h4-7,10,14-15,17,26,28-29,32H,23H2,1-3H3,(H2,24,31)/t7-,10+,14+,15-,17-,22-/m0/s1. The first-order valence-corrected chi connectivity index (χ1v) is 10.1. The Morgan fingerprint density at radius 1 is 1.19 bits per heavy atom. The van der Waals surface area contributed by atoms with E-state index in [-0.39, 0.29) is 16.9 Å². The van der Waals surface area contributed by atoms with Gasteiger partial charge in [0.15, 0.2) is 11.4 Å². The Hall–Kier alpha value is -3.21. The average Bonchev–Trinajstić information content (AvgIpc) is 2.70. The summed E-state index contributed by atoms with van der Waals surface area (Å²) in [5.41, 5.74) is 7.82. The minimum absolute atomic E-state index is 0.0237. The lowest BCUT2D eigenvalue weighted by molar-refractivity contribution is -0.155. The number of nitrogens with two attached hydrogens (primary N) is 2. The summed E-state index contributed by atoms with van der Waals surface area (Å²) in [5.74, 6) is -7.09. The van der Waals surface area contributed by atoms with E-state index in [2.05, 4.69) is 0 Å². The third-order valence-corrected chi connectivity index (χ3v) is 7.08. The van der Waals surface area contributed by atoms with Gasteiger partial charge >= 0.3 is 0 Å². The van der Waals surface area contributed by atoms with Crippen LogP contribution in [-0.2, 0) is 9.59 Å². The number of aromatic hydroxyl groups is 1. The van der Waals surface area contributed by atoms with Crippen LogP contribution < -0.4 is 11.5 Å². The van der Waals surface area contributed by atoms with E-state index < -0.39 is 70.0 Å². The molecule has 10 heteroatoms. The van der Waals surface area contributed by atoms with Crippen molar-refractivity contribution in [2.75, 3.05) is 14.1 Å². The quantitative estimate of drug-likeness (QED) is 0.313. The molecule has 0 saturated carbocycles. The molecule has 0 aromatic heterocycles. The molecule has 0 radical (unpaired) electrons. The molecule has 1 aromatic rings. The SMILES string of the molecule is C[C@H]1c2cccc(O)c2C(=O)C2=C(N)[C@]3(O)C(=O)C(C(N)=O)=C(O)[C@@H](N(C)C)[C@@H]3[C@@H](O)[C@@H]21. The molecule has 3 aliphatic carbocycles. The van der Waals surface area contributed by atoms with Gasteiger partial charge in [-0.3, -0.25) is 19.3 Å². The summed E-state index contributed by atoms with van der Waals surface area (Å²) >= 11 is 0. The van der Waals surface area contributed by atoms with Gasteiger partial charge in [0, 0.05) is 11.5 Å². The molecule has 32 heavy (non-hydrogen) atoms. The molecule has 4 rings (SSSR count). The molecule has 8 N–H and O–H groups in total. The van der Waals surface area contributed by atoms with E-state index in [0.717, 1.165) is 0 Å². The molecule has 170 valence electrons. The number of likely N-dealkylation sites (N-methyl/N-ethyl adjacent to an activating group) is 1. The second-order valence-electron chi connectivity index (χ2n) is 8.86. The lowest BCUT2D eigenvalue weighted by atomic mass is 9.55. The number of phenols is 1. The van der Waals surface area contributed by atoms with Gasteiger partial charge in [0.2, 0.25) is 5.78 Å². The molecule has 0 unspecified atom stereocenters. The maximum Gasteiger partial charge on any atom is 0.255 e. The summed E-state index contributed by atoms with van der Waals surface area (Å²) in [4.78, 5) is 40.1. The van der Waals surface area contributed by atoms with E-state index in [0.29, 0.717) is 5.56 Å². The summed E-state index contributed by atoms with van der Waals surface area (Å²) in [6.45, 7) is 1.73. The smallest absolute Gasteiger partial charge is 0.255 e. The molecular formula is C22H25N3O7. The molecule has 3 aliphatic rings. The fraction of sp³-hybridized carbons (Fsp3) is 0.409. The van der Waals surface area contributed by atoms with Crippen LogP contribution in [0, 0.1) is 11.8 Å². The number of benzene rings is 1. The second kappa shape index (κ2) is 6.89. The zero-order chi connectivity index (χ0) is 23.9. The van der Waals surface area contributed by atoms with Crippen molar-refractivity contribution in [1.82, 2.24) is 4.90 Å². The lowest BCUT2D eigenvalue weighted by Gasteiger charge is -2.54. The van der Waals surface area contributed by atoms with Crippen molar-refractivity contribution in [2.24, 2.45) is 23.3 Å². The van der Waals surface area contributed by atoms with Gasteiger partial charge in [-0.1, -0.05) is 19.1 Å². The van der Waals surface area contributed by atoms with E-state index in [1.54, 1.807) is 19.1 Å². The number of hydrogen-bond donors (Lipinski definition) is 6. The topological polar surface area (TPSA) is 187 Å². The molecule has 0 bridgehead atoms. The minimum atomic E-state index is -2.67. The molecule has 1 aromatic carbocycles. The Labute approximate surface area is 183 Å². The number of ketones is 2. The first-order chi connectivity index (χ1) is 14.9. The van der Waals surface area contributed by atoms with Gasteiger partial charge in [0.05, 0.1) is 29.3 Å². The molecule has 0 spiro atoms. The fourth-order valence-electron chi connectivity index (χ4n) is 5.66. The van der Waals surface area contributed by atoms with Crippen molar-refractivity contribution < 1.29 is 34.8 Å². The highest BCUT2D eigenvalue weighted by Crippen LogP contribution is 2.54. The number of rotatable bonds is 2. The number of nitrogens with zero attached hydrogens (tertiary/aromatic N) is 1. The van der Waals surface area contributed by atoms with Gasteiger partial charge in [-0.2, -0.15) is 0 Å². The van der Waals surface area contributed by atoms with E-state index in [4.69, 9.17) is 11.5 Å². The van der Waals surface area contributed by atoms with Gasteiger partial charge in [0.25, 0.3) is 5.91 Å². The maximum atomic E-state index is 13.4. The molecular weight excluding hydrogens is 418 g/mol. The number of aliphatic hydroxyl groups excluding tert-OH is 2. The van der Waals surface area contributed by atoms with Crippen LogP contribution in [0.5, 0.6) is 5.75 Å². The first-order valence-electron chi connectivity index (χ1n) is 10.1. The highest BCUT2D eigenvalue weighted by molar-refractivity contribution is 6.25. The van der Waals surface area contributed by atoms with Crippen LogP contribution in [0.4, 0.5) is 0 Å². The summed E-state index contributed by atoms with van der Waals surface area (Å²) in [6.07, 6.45) is -1.51. The van der Waals surface area contributed by atoms with Crippen LogP contribution in [0.2, 0.25) is 0 Å². The number of hydrogen-bond acceptors (Lipinski definition) is 9. The van der Waals surface area contributed by atoms with Gasteiger partial charge < -0.3 is 31.9 Å². The molecule has 1 amide bonds. The number of carbonyl (C=O) groups excluding carboxylic acids is 3. The molecule has 0 heterocycles. The van der Waals surface area contributed by atoms with Crippen LogP contribution in [0.1, 0.15) is 28.8 Å².